The number of benzene rings is 1. The number of unbranched alkanes of at least 4 members (excludes halogenated alkanes) is 1. The normalized spacial score (nSPS) is 14.1. The largest absolute Gasteiger partial charge is 0.491 e. The number of piperazine rings is 1. The van der Waals surface area contributed by atoms with Crippen LogP contribution in [-0.4, -0.2) is 65.0 Å². The van der Waals surface area contributed by atoms with Crippen molar-refractivity contribution < 1.29 is 22.7 Å². The summed E-state index contributed by atoms with van der Waals surface area (Å²) in [5.74, 6) is 0.203. The predicted molar refractivity (Wildman–Crippen MR) is 134 cm³/mol. The van der Waals surface area contributed by atoms with E-state index in [9.17, 15) is 13.2 Å². The molecule has 0 bridgehead atoms. The quantitative estimate of drug-likeness (QED) is 0.357. The zero-order valence-corrected chi connectivity index (χ0v) is 20.7. The highest BCUT2D eigenvalue weighted by molar-refractivity contribution is 7.92. The number of esters is 1. The molecule has 0 radical (unpaired) electrons. The third kappa shape index (κ3) is 7.51. The third-order valence-electron chi connectivity index (χ3n) is 5.68. The minimum absolute atomic E-state index is 0.0557. The second-order valence-electron chi connectivity index (χ2n) is 8.16. The van der Waals surface area contributed by atoms with E-state index >= 15 is 0 Å². The molecule has 0 spiro atoms. The van der Waals surface area contributed by atoms with E-state index in [1.54, 1.807) is 18.5 Å². The van der Waals surface area contributed by atoms with E-state index in [2.05, 4.69) is 24.2 Å². The number of pyridine rings is 1. The van der Waals surface area contributed by atoms with Crippen molar-refractivity contribution >= 4 is 33.1 Å². The van der Waals surface area contributed by atoms with Gasteiger partial charge in [-0.25, -0.2) is 8.42 Å². The third-order valence-corrected chi connectivity index (χ3v) is 7.04. The van der Waals surface area contributed by atoms with Crippen LogP contribution in [0.5, 0.6) is 5.75 Å². The fourth-order valence-electron chi connectivity index (χ4n) is 3.75. The van der Waals surface area contributed by atoms with E-state index in [4.69, 9.17) is 4.74 Å². The minimum Gasteiger partial charge on any atom is -0.491 e. The Morgan fingerprint density at radius 3 is 2.35 bits per heavy atom. The molecule has 186 valence electrons. The molecule has 1 saturated heterocycles. The van der Waals surface area contributed by atoms with Crippen LogP contribution in [0.4, 0.5) is 17.1 Å². The molecule has 1 aliphatic rings. The van der Waals surface area contributed by atoms with E-state index in [1.807, 2.05) is 31.2 Å². The first-order valence-electron chi connectivity index (χ1n) is 11.7. The van der Waals surface area contributed by atoms with Gasteiger partial charge in [0.1, 0.15) is 5.75 Å². The number of nitrogens with one attached hydrogen (secondary N) is 1. The number of anilines is 3. The van der Waals surface area contributed by atoms with Crippen LogP contribution in [0.2, 0.25) is 0 Å². The van der Waals surface area contributed by atoms with Gasteiger partial charge in [-0.3, -0.25) is 14.5 Å². The van der Waals surface area contributed by atoms with E-state index in [0.29, 0.717) is 24.3 Å². The highest BCUT2D eigenvalue weighted by atomic mass is 32.2. The van der Waals surface area contributed by atoms with Crippen LogP contribution in [-0.2, 0) is 19.6 Å². The van der Waals surface area contributed by atoms with Crippen LogP contribution in [0.1, 0.15) is 32.6 Å². The number of nitrogens with zero attached hydrogens (tertiary/aromatic N) is 3. The Morgan fingerprint density at radius 2 is 1.71 bits per heavy atom. The Bertz CT molecular complexity index is 1020. The molecule has 10 heteroatoms. The number of methoxy groups -OCH3 is 1. The summed E-state index contributed by atoms with van der Waals surface area (Å²) in [6.07, 6.45) is 5.69. The highest BCUT2D eigenvalue weighted by Crippen LogP contribution is 2.32. The number of aromatic nitrogens is 1. The Hall–Kier alpha value is -3.01. The molecule has 1 aromatic heterocycles. The van der Waals surface area contributed by atoms with Crippen LogP contribution in [0.25, 0.3) is 0 Å². The molecule has 0 aliphatic carbocycles. The fourth-order valence-corrected chi connectivity index (χ4v) is 5.02. The van der Waals surface area contributed by atoms with Gasteiger partial charge in [-0.1, -0.05) is 13.3 Å². The smallest absolute Gasteiger partial charge is 0.305 e. The van der Waals surface area contributed by atoms with Gasteiger partial charge in [-0.15, -0.1) is 0 Å². The highest BCUT2D eigenvalue weighted by Gasteiger charge is 2.20. The van der Waals surface area contributed by atoms with Crippen LogP contribution >= 0.6 is 0 Å². The van der Waals surface area contributed by atoms with Crippen LogP contribution < -0.4 is 19.3 Å². The van der Waals surface area contributed by atoms with Crippen molar-refractivity contribution in [3.05, 3.63) is 42.7 Å². The number of hydrogen-bond donors (Lipinski definition) is 1. The summed E-state index contributed by atoms with van der Waals surface area (Å²) in [4.78, 5) is 20.0. The van der Waals surface area contributed by atoms with Crippen molar-refractivity contribution in [3.63, 3.8) is 0 Å². The average molecular weight is 491 g/mol. The number of carbonyl (C=O) groups is 1. The lowest BCUT2D eigenvalue weighted by molar-refractivity contribution is -0.140. The SMILES string of the molecule is CCCCS(=O)(=O)Nc1cc(N2CCN(c3ccncc3)CC2)ccc1OCCCC(=O)OC. The number of ether oxygens (including phenoxy) is 2. The number of rotatable bonds is 12. The predicted octanol–water partition coefficient (Wildman–Crippen LogP) is 3.28. The zero-order valence-electron chi connectivity index (χ0n) is 19.9. The summed E-state index contributed by atoms with van der Waals surface area (Å²) in [6, 6.07) is 9.58. The molecule has 0 amide bonds. The molecule has 34 heavy (non-hydrogen) atoms. The summed E-state index contributed by atoms with van der Waals surface area (Å²) in [6.45, 7) is 5.56. The van der Waals surface area contributed by atoms with Gasteiger partial charge in [0.25, 0.3) is 0 Å². The first-order valence-corrected chi connectivity index (χ1v) is 13.3. The lowest BCUT2D eigenvalue weighted by atomic mass is 10.2. The second-order valence-corrected chi connectivity index (χ2v) is 10.0. The Kier molecular flexibility index (Phi) is 9.38. The molecule has 1 fully saturated rings. The van der Waals surface area contributed by atoms with E-state index in [-0.39, 0.29) is 24.7 Å². The molecule has 3 rings (SSSR count). The number of sulfonamides is 1. The molecule has 0 saturated carbocycles. The molecule has 1 aliphatic heterocycles. The summed E-state index contributed by atoms with van der Waals surface area (Å²) in [5.41, 5.74) is 2.50. The maximum Gasteiger partial charge on any atom is 0.305 e. The maximum absolute atomic E-state index is 12.6. The summed E-state index contributed by atoms with van der Waals surface area (Å²) in [5, 5.41) is 0. The van der Waals surface area contributed by atoms with Gasteiger partial charge in [-0.2, -0.15) is 0 Å². The molecule has 1 N–H and O–H groups in total. The topological polar surface area (TPSA) is 101 Å². The maximum atomic E-state index is 12.6. The van der Waals surface area contributed by atoms with Crippen LogP contribution in [0.15, 0.2) is 42.7 Å². The van der Waals surface area contributed by atoms with Gasteiger partial charge in [0.05, 0.1) is 25.2 Å². The van der Waals surface area contributed by atoms with Crippen molar-refractivity contribution in [2.24, 2.45) is 0 Å². The monoisotopic (exact) mass is 490 g/mol. The molecule has 2 heterocycles. The van der Waals surface area contributed by atoms with Gasteiger partial charge in [0.15, 0.2) is 0 Å². The molecule has 0 atom stereocenters. The summed E-state index contributed by atoms with van der Waals surface area (Å²) in [7, 11) is -2.15. The van der Waals surface area contributed by atoms with Crippen molar-refractivity contribution in [3.8, 4) is 5.75 Å². The van der Waals surface area contributed by atoms with Gasteiger partial charge >= 0.3 is 5.97 Å². The van der Waals surface area contributed by atoms with Gasteiger partial charge in [0.2, 0.25) is 10.0 Å². The summed E-state index contributed by atoms with van der Waals surface area (Å²) >= 11 is 0. The van der Waals surface area contributed by atoms with E-state index in [0.717, 1.165) is 44.0 Å². The van der Waals surface area contributed by atoms with Crippen molar-refractivity contribution in [1.29, 1.82) is 0 Å². The Labute approximate surface area is 202 Å². The fraction of sp³-hybridized carbons (Fsp3) is 0.500. The van der Waals surface area contributed by atoms with Gasteiger partial charge in [-0.05, 0) is 43.2 Å². The molecular formula is C24H34N4O5S. The minimum atomic E-state index is -3.50. The van der Waals surface area contributed by atoms with Gasteiger partial charge in [0, 0.05) is 56.4 Å². The zero-order chi connectivity index (χ0) is 24.4. The molecular weight excluding hydrogens is 456 g/mol. The van der Waals surface area contributed by atoms with Crippen molar-refractivity contribution in [2.45, 2.75) is 32.6 Å². The second kappa shape index (κ2) is 12.5. The van der Waals surface area contributed by atoms with E-state index < -0.39 is 10.0 Å². The molecule has 9 nitrogen and oxygen atoms in total. The first-order chi connectivity index (χ1) is 16.4. The lowest BCUT2D eigenvalue weighted by Gasteiger charge is -2.37. The number of hydrogen-bond acceptors (Lipinski definition) is 8. The van der Waals surface area contributed by atoms with Crippen molar-refractivity contribution in [2.75, 3.05) is 60.2 Å². The average Bonchev–Trinajstić information content (AvgIpc) is 2.86. The standard InChI is InChI=1S/C24H34N4O5S/c1-3-4-18-34(30,31)26-22-19-21(7-8-23(22)33-17-5-6-24(29)32-2)28-15-13-27(14-16-28)20-9-11-25-12-10-20/h7-12,19,26H,3-6,13-18H2,1-2H3. The lowest BCUT2D eigenvalue weighted by Crippen LogP contribution is -2.46. The molecule has 2 aromatic rings. The van der Waals surface area contributed by atoms with Gasteiger partial charge < -0.3 is 19.3 Å². The van der Waals surface area contributed by atoms with Crippen LogP contribution in [0.3, 0.4) is 0 Å². The molecule has 0 unspecified atom stereocenters. The number of carbonyl (C=O) groups excluding carboxylic acids is 1. The molecule has 1 aromatic carbocycles. The Balaban J connectivity index is 1.70. The van der Waals surface area contributed by atoms with Crippen LogP contribution in [0, 0.1) is 0 Å². The van der Waals surface area contributed by atoms with E-state index in [1.165, 1.54) is 7.11 Å². The van der Waals surface area contributed by atoms with Crippen molar-refractivity contribution in [1.82, 2.24) is 4.98 Å². The summed E-state index contributed by atoms with van der Waals surface area (Å²) < 4.78 is 38.4. The Morgan fingerprint density at radius 1 is 1.03 bits per heavy atom. The first kappa shape index (κ1) is 25.6.